The summed E-state index contributed by atoms with van der Waals surface area (Å²) in [6.45, 7) is 0. The van der Waals surface area contributed by atoms with E-state index in [1.165, 1.54) is 0 Å². The van der Waals surface area contributed by atoms with Crippen LogP contribution >= 0.6 is 11.6 Å². The lowest BCUT2D eigenvalue weighted by atomic mass is 10.1. The van der Waals surface area contributed by atoms with E-state index in [1.54, 1.807) is 6.20 Å². The van der Waals surface area contributed by atoms with Gasteiger partial charge in [0, 0.05) is 16.8 Å². The molecule has 0 bridgehead atoms. The highest BCUT2D eigenvalue weighted by atomic mass is 35.5. The number of amides is 1. The van der Waals surface area contributed by atoms with Crippen molar-refractivity contribution in [2.75, 3.05) is 5.32 Å². The molecule has 1 N–H and O–H groups in total. The average Bonchev–Trinajstić information content (AvgIpc) is 2.53. The highest BCUT2D eigenvalue weighted by Crippen LogP contribution is 2.17. The van der Waals surface area contributed by atoms with Gasteiger partial charge >= 0.3 is 0 Å². The summed E-state index contributed by atoms with van der Waals surface area (Å²) >= 11 is 5.94. The van der Waals surface area contributed by atoms with Crippen LogP contribution in [0.3, 0.4) is 0 Å². The molecule has 3 nitrogen and oxygen atoms in total. The Kier molecular flexibility index (Phi) is 4.35. The van der Waals surface area contributed by atoms with Crippen molar-refractivity contribution in [2.45, 2.75) is 12.8 Å². The third-order valence-corrected chi connectivity index (χ3v) is 3.64. The number of carbonyl (C=O) groups is 1. The highest BCUT2D eigenvalue weighted by Gasteiger charge is 2.05. The Balaban J connectivity index is 1.63. The van der Waals surface area contributed by atoms with E-state index in [-0.39, 0.29) is 5.91 Å². The summed E-state index contributed by atoms with van der Waals surface area (Å²) < 4.78 is 0. The van der Waals surface area contributed by atoms with Crippen LogP contribution in [0.4, 0.5) is 5.69 Å². The Hall–Kier alpha value is -2.39. The molecular weight excluding hydrogens is 296 g/mol. The molecule has 0 unspecified atom stereocenters. The third-order valence-electron chi connectivity index (χ3n) is 3.40. The minimum Gasteiger partial charge on any atom is -0.325 e. The van der Waals surface area contributed by atoms with E-state index >= 15 is 0 Å². The van der Waals surface area contributed by atoms with Gasteiger partial charge in [0.1, 0.15) is 0 Å². The molecule has 3 rings (SSSR count). The second-order valence-corrected chi connectivity index (χ2v) is 5.53. The summed E-state index contributed by atoms with van der Waals surface area (Å²) in [5.74, 6) is -0.0305. The van der Waals surface area contributed by atoms with Gasteiger partial charge in [0.05, 0.1) is 17.4 Å². The number of nitrogens with one attached hydrogen (secondary N) is 1. The molecule has 4 heteroatoms. The number of para-hydroxylation sites is 1. The first kappa shape index (κ1) is 14.5. The molecule has 0 aliphatic carbocycles. The Morgan fingerprint density at radius 1 is 1.09 bits per heavy atom. The molecule has 0 atom stereocenters. The van der Waals surface area contributed by atoms with Crippen LogP contribution < -0.4 is 5.32 Å². The average molecular weight is 311 g/mol. The van der Waals surface area contributed by atoms with Crippen LogP contribution in [-0.4, -0.2) is 10.9 Å². The van der Waals surface area contributed by atoms with Gasteiger partial charge in [-0.05, 0) is 36.2 Å². The van der Waals surface area contributed by atoms with Crippen molar-refractivity contribution in [1.29, 1.82) is 0 Å². The highest BCUT2D eigenvalue weighted by molar-refractivity contribution is 6.30. The summed E-state index contributed by atoms with van der Waals surface area (Å²) in [5.41, 5.74) is 2.69. The monoisotopic (exact) mass is 310 g/mol. The molecule has 0 saturated heterocycles. The Labute approximate surface area is 133 Å². The standard InChI is InChI=1S/C18H15ClN2O/c19-15-6-3-4-13(10-15)8-9-18(22)21-16-11-14-5-1-2-7-17(14)20-12-16/h1-7,10-12H,8-9H2,(H,21,22). The van der Waals surface area contributed by atoms with Gasteiger partial charge in [-0.3, -0.25) is 9.78 Å². The molecule has 0 fully saturated rings. The lowest BCUT2D eigenvalue weighted by molar-refractivity contribution is -0.116. The number of rotatable bonds is 4. The maximum atomic E-state index is 12.0. The topological polar surface area (TPSA) is 42.0 Å². The lowest BCUT2D eigenvalue weighted by Crippen LogP contribution is -2.12. The number of hydrogen-bond acceptors (Lipinski definition) is 2. The largest absolute Gasteiger partial charge is 0.325 e. The number of halogens is 1. The van der Waals surface area contributed by atoms with Gasteiger partial charge in [-0.2, -0.15) is 0 Å². The molecular formula is C18H15ClN2O. The first-order valence-electron chi connectivity index (χ1n) is 7.10. The summed E-state index contributed by atoms with van der Waals surface area (Å²) in [7, 11) is 0. The summed E-state index contributed by atoms with van der Waals surface area (Å²) in [5, 5.41) is 4.59. The van der Waals surface area contributed by atoms with Gasteiger partial charge in [-0.1, -0.05) is 41.9 Å². The van der Waals surface area contributed by atoms with Crippen LogP contribution in [-0.2, 0) is 11.2 Å². The zero-order chi connectivity index (χ0) is 15.4. The second kappa shape index (κ2) is 6.58. The molecule has 3 aromatic rings. The number of benzene rings is 2. The number of aryl methyl sites for hydroxylation is 1. The van der Waals surface area contributed by atoms with E-state index in [1.807, 2.05) is 54.6 Å². The predicted molar refractivity (Wildman–Crippen MR) is 90.1 cm³/mol. The molecule has 0 radical (unpaired) electrons. The Morgan fingerprint density at radius 3 is 2.82 bits per heavy atom. The zero-order valence-corrected chi connectivity index (χ0v) is 12.7. The minimum atomic E-state index is -0.0305. The molecule has 0 aliphatic heterocycles. The quantitative estimate of drug-likeness (QED) is 0.773. The fourth-order valence-electron chi connectivity index (χ4n) is 2.31. The van der Waals surface area contributed by atoms with E-state index in [2.05, 4.69) is 10.3 Å². The molecule has 2 aromatic carbocycles. The first-order chi connectivity index (χ1) is 10.7. The number of carbonyl (C=O) groups excluding carboxylic acids is 1. The van der Waals surface area contributed by atoms with Crippen LogP contribution in [0.2, 0.25) is 5.02 Å². The van der Waals surface area contributed by atoms with Crippen molar-refractivity contribution in [2.24, 2.45) is 0 Å². The van der Waals surface area contributed by atoms with Gasteiger partial charge in [0.25, 0.3) is 0 Å². The summed E-state index contributed by atoms with van der Waals surface area (Å²) in [4.78, 5) is 16.4. The van der Waals surface area contributed by atoms with Gasteiger partial charge in [0.15, 0.2) is 0 Å². The van der Waals surface area contributed by atoms with Crippen molar-refractivity contribution < 1.29 is 4.79 Å². The maximum Gasteiger partial charge on any atom is 0.224 e. The number of anilines is 1. The van der Waals surface area contributed by atoms with Crippen molar-refractivity contribution in [3.05, 3.63) is 71.4 Å². The fourth-order valence-corrected chi connectivity index (χ4v) is 2.53. The van der Waals surface area contributed by atoms with Crippen molar-refractivity contribution in [3.8, 4) is 0 Å². The normalized spacial score (nSPS) is 10.6. The molecule has 1 aromatic heterocycles. The Bertz CT molecular complexity index is 817. The third kappa shape index (κ3) is 3.62. The fraction of sp³-hybridized carbons (Fsp3) is 0.111. The number of hydrogen-bond donors (Lipinski definition) is 1. The first-order valence-corrected chi connectivity index (χ1v) is 7.47. The van der Waals surface area contributed by atoms with E-state index in [0.717, 1.165) is 22.2 Å². The van der Waals surface area contributed by atoms with Crippen molar-refractivity contribution >= 4 is 34.1 Å². The molecule has 22 heavy (non-hydrogen) atoms. The number of aromatic nitrogens is 1. The number of pyridine rings is 1. The van der Waals surface area contributed by atoms with Gasteiger partial charge in [-0.25, -0.2) is 0 Å². The molecule has 110 valence electrons. The second-order valence-electron chi connectivity index (χ2n) is 5.09. The van der Waals surface area contributed by atoms with Gasteiger partial charge in [0.2, 0.25) is 5.91 Å². The van der Waals surface area contributed by atoms with E-state index in [4.69, 9.17) is 11.6 Å². The minimum absolute atomic E-state index is 0.0305. The van der Waals surface area contributed by atoms with Gasteiger partial charge < -0.3 is 5.32 Å². The number of fused-ring (bicyclic) bond motifs is 1. The van der Waals surface area contributed by atoms with E-state index in [9.17, 15) is 4.79 Å². The van der Waals surface area contributed by atoms with Crippen LogP contribution in [0.5, 0.6) is 0 Å². The maximum absolute atomic E-state index is 12.0. The van der Waals surface area contributed by atoms with Crippen LogP contribution in [0, 0.1) is 0 Å². The van der Waals surface area contributed by atoms with Crippen LogP contribution in [0.15, 0.2) is 60.8 Å². The summed E-state index contributed by atoms with van der Waals surface area (Å²) in [6, 6.07) is 17.3. The predicted octanol–water partition coefficient (Wildman–Crippen LogP) is 4.46. The summed E-state index contributed by atoms with van der Waals surface area (Å²) in [6.07, 6.45) is 2.75. The van der Waals surface area contributed by atoms with E-state index in [0.29, 0.717) is 17.9 Å². The SMILES string of the molecule is O=C(CCc1cccc(Cl)c1)Nc1cnc2ccccc2c1. The Morgan fingerprint density at radius 2 is 1.95 bits per heavy atom. The smallest absolute Gasteiger partial charge is 0.224 e. The lowest BCUT2D eigenvalue weighted by Gasteiger charge is -2.06. The van der Waals surface area contributed by atoms with Crippen LogP contribution in [0.1, 0.15) is 12.0 Å². The molecule has 0 saturated carbocycles. The van der Waals surface area contributed by atoms with Crippen molar-refractivity contribution in [3.63, 3.8) is 0 Å². The zero-order valence-electron chi connectivity index (χ0n) is 11.9. The van der Waals surface area contributed by atoms with Gasteiger partial charge in [-0.15, -0.1) is 0 Å². The molecule has 0 aliphatic rings. The van der Waals surface area contributed by atoms with E-state index < -0.39 is 0 Å². The van der Waals surface area contributed by atoms with Crippen LogP contribution in [0.25, 0.3) is 10.9 Å². The molecule has 1 heterocycles. The molecule has 0 spiro atoms. The van der Waals surface area contributed by atoms with Crippen molar-refractivity contribution in [1.82, 2.24) is 4.98 Å². The molecule has 1 amide bonds. The number of nitrogens with zero attached hydrogens (tertiary/aromatic N) is 1.